The summed E-state index contributed by atoms with van der Waals surface area (Å²) < 4.78 is 6.34. The van der Waals surface area contributed by atoms with Gasteiger partial charge in [-0.15, -0.1) is 5.10 Å². The van der Waals surface area contributed by atoms with Gasteiger partial charge >= 0.3 is 5.97 Å². The molecule has 0 saturated heterocycles. The Morgan fingerprint density at radius 1 is 1.45 bits per heavy atom. The maximum Gasteiger partial charge on any atom is 0.348 e. The fourth-order valence-electron chi connectivity index (χ4n) is 1.54. The predicted octanol–water partition coefficient (Wildman–Crippen LogP) is 1.74. The van der Waals surface area contributed by atoms with Crippen LogP contribution in [0, 0.1) is 11.3 Å². The topological polar surface area (TPSA) is 80.8 Å². The molecule has 0 spiro atoms. The number of hydrogen-bond donors (Lipinski definition) is 0. The molecule has 6 nitrogen and oxygen atoms in total. The van der Waals surface area contributed by atoms with Gasteiger partial charge in [0.1, 0.15) is 17.3 Å². The average Bonchev–Trinajstić information content (AvgIpc) is 2.94. The summed E-state index contributed by atoms with van der Waals surface area (Å²) in [6, 6.07) is 11.2. The van der Waals surface area contributed by atoms with Gasteiger partial charge < -0.3 is 4.74 Å². The Morgan fingerprint density at radius 2 is 2.20 bits per heavy atom. The molecule has 1 aromatic heterocycles. The molecule has 1 heterocycles. The number of para-hydroxylation sites is 1. The standard InChI is InChI=1S/C14H12N4O2/c1-2-20-14(19)11(9-15)8-12-10-18(17-16-12)13-6-4-3-5-7-13/h3-8,10H,2H2,1H3/b11-8+. The van der Waals surface area contributed by atoms with Gasteiger partial charge in [0.05, 0.1) is 18.5 Å². The Bertz CT molecular complexity index is 668. The van der Waals surface area contributed by atoms with Gasteiger partial charge in [-0.3, -0.25) is 0 Å². The highest BCUT2D eigenvalue weighted by molar-refractivity contribution is 5.97. The first-order chi connectivity index (χ1) is 9.74. The Hall–Kier alpha value is -2.94. The minimum absolute atomic E-state index is 0.105. The summed E-state index contributed by atoms with van der Waals surface area (Å²) in [6.45, 7) is 1.90. The van der Waals surface area contributed by atoms with E-state index in [4.69, 9.17) is 10.00 Å². The molecule has 2 aromatic rings. The third kappa shape index (κ3) is 3.09. The Balaban J connectivity index is 2.25. The molecule has 0 aliphatic rings. The lowest BCUT2D eigenvalue weighted by Gasteiger charge is -1.98. The van der Waals surface area contributed by atoms with Crippen molar-refractivity contribution in [1.29, 1.82) is 5.26 Å². The first kappa shape index (κ1) is 13.5. The van der Waals surface area contributed by atoms with Crippen molar-refractivity contribution < 1.29 is 9.53 Å². The van der Waals surface area contributed by atoms with E-state index in [1.54, 1.807) is 23.9 Å². The van der Waals surface area contributed by atoms with Gasteiger partial charge in [0.2, 0.25) is 0 Å². The van der Waals surface area contributed by atoms with Crippen LogP contribution in [0.4, 0.5) is 0 Å². The zero-order chi connectivity index (χ0) is 14.4. The van der Waals surface area contributed by atoms with Gasteiger partial charge in [-0.05, 0) is 25.1 Å². The molecular formula is C14H12N4O2. The molecule has 0 saturated carbocycles. The third-order valence-electron chi connectivity index (χ3n) is 2.44. The lowest BCUT2D eigenvalue weighted by atomic mass is 10.2. The van der Waals surface area contributed by atoms with Crippen LogP contribution in [0.2, 0.25) is 0 Å². The van der Waals surface area contributed by atoms with Crippen LogP contribution < -0.4 is 0 Å². The van der Waals surface area contributed by atoms with E-state index in [9.17, 15) is 4.79 Å². The highest BCUT2D eigenvalue weighted by Crippen LogP contribution is 2.09. The van der Waals surface area contributed by atoms with Crippen molar-refractivity contribution in [2.24, 2.45) is 0 Å². The molecular weight excluding hydrogens is 256 g/mol. The fraction of sp³-hybridized carbons (Fsp3) is 0.143. The van der Waals surface area contributed by atoms with Gasteiger partial charge in [0.25, 0.3) is 0 Å². The SMILES string of the molecule is CCOC(=O)/C(C#N)=C/c1cn(-c2ccccc2)nn1. The van der Waals surface area contributed by atoms with Crippen molar-refractivity contribution in [1.82, 2.24) is 15.0 Å². The number of hydrogen-bond acceptors (Lipinski definition) is 5. The van der Waals surface area contributed by atoms with Gasteiger partial charge in [0, 0.05) is 0 Å². The number of rotatable bonds is 4. The molecule has 0 fully saturated rings. The second kappa shape index (κ2) is 6.29. The molecule has 0 aliphatic heterocycles. The maximum absolute atomic E-state index is 11.5. The van der Waals surface area contributed by atoms with E-state index in [-0.39, 0.29) is 12.2 Å². The van der Waals surface area contributed by atoms with E-state index in [1.807, 2.05) is 30.3 Å². The van der Waals surface area contributed by atoms with E-state index in [2.05, 4.69) is 10.3 Å². The largest absolute Gasteiger partial charge is 0.462 e. The zero-order valence-corrected chi connectivity index (χ0v) is 10.9. The van der Waals surface area contributed by atoms with E-state index in [0.29, 0.717) is 5.69 Å². The maximum atomic E-state index is 11.5. The molecule has 0 unspecified atom stereocenters. The summed E-state index contributed by atoms with van der Waals surface area (Å²) in [5.74, 6) is -0.663. The van der Waals surface area contributed by atoms with Gasteiger partial charge in [-0.2, -0.15) is 5.26 Å². The lowest BCUT2D eigenvalue weighted by molar-refractivity contribution is -0.137. The molecule has 2 rings (SSSR count). The van der Waals surface area contributed by atoms with E-state index in [1.165, 1.54) is 6.08 Å². The normalized spacial score (nSPS) is 10.9. The average molecular weight is 268 g/mol. The van der Waals surface area contributed by atoms with Crippen LogP contribution >= 0.6 is 0 Å². The number of nitrogens with zero attached hydrogens (tertiary/aromatic N) is 4. The Morgan fingerprint density at radius 3 is 2.85 bits per heavy atom. The first-order valence-electron chi connectivity index (χ1n) is 6.01. The number of benzene rings is 1. The zero-order valence-electron chi connectivity index (χ0n) is 10.9. The molecule has 20 heavy (non-hydrogen) atoms. The molecule has 1 aromatic carbocycles. The second-order valence-electron chi connectivity index (χ2n) is 3.81. The van der Waals surface area contributed by atoms with Crippen LogP contribution in [0.5, 0.6) is 0 Å². The smallest absolute Gasteiger partial charge is 0.348 e. The highest BCUT2D eigenvalue weighted by Gasteiger charge is 2.11. The quantitative estimate of drug-likeness (QED) is 0.479. The predicted molar refractivity (Wildman–Crippen MR) is 71.6 cm³/mol. The summed E-state index contributed by atoms with van der Waals surface area (Å²) in [5, 5.41) is 16.8. The summed E-state index contributed by atoms with van der Waals surface area (Å²) in [5.41, 5.74) is 1.15. The van der Waals surface area contributed by atoms with Gasteiger partial charge in [0.15, 0.2) is 0 Å². The van der Waals surface area contributed by atoms with Crippen molar-refractivity contribution in [3.63, 3.8) is 0 Å². The number of carbonyl (C=O) groups is 1. The van der Waals surface area contributed by atoms with Crippen molar-refractivity contribution in [3.8, 4) is 11.8 Å². The fourth-order valence-corrected chi connectivity index (χ4v) is 1.54. The third-order valence-corrected chi connectivity index (χ3v) is 2.44. The Kier molecular flexibility index (Phi) is 4.24. The van der Waals surface area contributed by atoms with E-state index < -0.39 is 5.97 Å². The lowest BCUT2D eigenvalue weighted by Crippen LogP contribution is -2.06. The van der Waals surface area contributed by atoms with Crippen molar-refractivity contribution in [2.75, 3.05) is 6.61 Å². The number of esters is 1. The van der Waals surface area contributed by atoms with E-state index >= 15 is 0 Å². The second-order valence-corrected chi connectivity index (χ2v) is 3.81. The molecule has 0 bridgehead atoms. The summed E-state index contributed by atoms with van der Waals surface area (Å²) >= 11 is 0. The summed E-state index contributed by atoms with van der Waals surface area (Å²) in [6.07, 6.45) is 2.98. The van der Waals surface area contributed by atoms with Crippen LogP contribution in [0.1, 0.15) is 12.6 Å². The highest BCUT2D eigenvalue weighted by atomic mass is 16.5. The van der Waals surface area contributed by atoms with Crippen LogP contribution in [0.15, 0.2) is 42.1 Å². The summed E-state index contributed by atoms with van der Waals surface area (Å²) in [4.78, 5) is 11.5. The van der Waals surface area contributed by atoms with Crippen molar-refractivity contribution in [2.45, 2.75) is 6.92 Å². The van der Waals surface area contributed by atoms with E-state index in [0.717, 1.165) is 5.69 Å². The number of nitriles is 1. The molecule has 100 valence electrons. The van der Waals surface area contributed by atoms with Crippen LogP contribution in [0.25, 0.3) is 11.8 Å². The summed E-state index contributed by atoms with van der Waals surface area (Å²) in [7, 11) is 0. The molecule has 0 aliphatic carbocycles. The molecule has 0 atom stereocenters. The van der Waals surface area contributed by atoms with Crippen LogP contribution in [-0.4, -0.2) is 27.6 Å². The molecule has 0 N–H and O–H groups in total. The minimum Gasteiger partial charge on any atom is -0.462 e. The van der Waals surface area contributed by atoms with Gasteiger partial charge in [-0.1, -0.05) is 23.4 Å². The van der Waals surface area contributed by atoms with Crippen LogP contribution in [0.3, 0.4) is 0 Å². The minimum atomic E-state index is -0.663. The van der Waals surface area contributed by atoms with Crippen molar-refractivity contribution in [3.05, 3.63) is 47.8 Å². The van der Waals surface area contributed by atoms with Crippen molar-refractivity contribution >= 4 is 12.0 Å². The molecule has 0 radical (unpaired) electrons. The number of ether oxygens (including phenoxy) is 1. The van der Waals surface area contributed by atoms with Gasteiger partial charge in [-0.25, -0.2) is 9.48 Å². The number of carbonyl (C=O) groups excluding carboxylic acids is 1. The first-order valence-corrected chi connectivity index (χ1v) is 6.01. The van der Waals surface area contributed by atoms with Crippen LogP contribution in [-0.2, 0) is 9.53 Å². The molecule has 6 heteroatoms. The monoisotopic (exact) mass is 268 g/mol. The molecule has 0 amide bonds. The Labute approximate surface area is 115 Å². The number of aromatic nitrogens is 3.